The number of esters is 2. The summed E-state index contributed by atoms with van der Waals surface area (Å²) in [7, 11) is -4.41. The fraction of sp³-hybridized carbons (Fsp3) is 0.714. The summed E-state index contributed by atoms with van der Waals surface area (Å²) in [5.41, 5.74) is 5.37. The molecular formula is C63H110NO8P. The standard InChI is InChI=1S/C63H110NO8P/c1-3-5-7-9-11-13-15-17-19-21-23-24-25-26-27-28-29-30-31-32-33-34-35-36-38-39-41-43-45-47-49-51-53-55-62(65)69-59-61(60-71-73(67,68)70-58-57-64)72-63(66)56-54-52-50-48-46-44-42-40-37-22-20-18-16-14-12-10-8-6-4-2/h6,8,12,14-15,17-18,20-21,23,37,40,44,46,50,52,61H,3-5,7,9-11,13,16,19,22,24-36,38-39,41-43,45,47-49,51,53-60,64H2,1-2H3,(H,67,68)/b8-6-,14-12-,17-15-,20-18-,23-21-,40-37-,46-44-,52-50-. The van der Waals surface area contributed by atoms with Crippen LogP contribution in [0.15, 0.2) is 97.2 Å². The van der Waals surface area contributed by atoms with Crippen LogP contribution in [0.1, 0.15) is 258 Å². The molecule has 0 heterocycles. The minimum Gasteiger partial charge on any atom is -0.462 e. The van der Waals surface area contributed by atoms with Crippen LogP contribution in [0.4, 0.5) is 0 Å². The lowest BCUT2D eigenvalue weighted by Crippen LogP contribution is -2.29. The summed E-state index contributed by atoms with van der Waals surface area (Å²) in [4.78, 5) is 35.1. The zero-order valence-corrected chi connectivity index (χ0v) is 47.7. The molecule has 0 saturated heterocycles. The lowest BCUT2D eigenvalue weighted by Gasteiger charge is -2.19. The summed E-state index contributed by atoms with van der Waals surface area (Å²) in [6.07, 6.45) is 77.9. The maximum absolute atomic E-state index is 12.6. The summed E-state index contributed by atoms with van der Waals surface area (Å²) in [5, 5.41) is 0. The molecule has 10 heteroatoms. The first kappa shape index (κ1) is 69.9. The number of hydrogen-bond donors (Lipinski definition) is 2. The van der Waals surface area contributed by atoms with Gasteiger partial charge in [0, 0.05) is 19.4 Å². The second-order valence-corrected chi connectivity index (χ2v) is 20.9. The lowest BCUT2D eigenvalue weighted by molar-refractivity contribution is -0.161. The van der Waals surface area contributed by atoms with Gasteiger partial charge < -0.3 is 20.1 Å². The Bertz CT molecular complexity index is 1510. The van der Waals surface area contributed by atoms with Crippen LogP contribution in [0.2, 0.25) is 0 Å². The molecular weight excluding hydrogens is 930 g/mol. The van der Waals surface area contributed by atoms with Crippen molar-refractivity contribution in [3.8, 4) is 0 Å². The van der Waals surface area contributed by atoms with Gasteiger partial charge in [-0.3, -0.25) is 18.6 Å². The highest BCUT2D eigenvalue weighted by Gasteiger charge is 2.26. The van der Waals surface area contributed by atoms with Crippen molar-refractivity contribution in [2.75, 3.05) is 26.4 Å². The first-order valence-corrected chi connectivity index (χ1v) is 31.2. The van der Waals surface area contributed by atoms with Gasteiger partial charge >= 0.3 is 19.8 Å². The first-order valence-electron chi connectivity index (χ1n) is 29.7. The minimum atomic E-state index is -4.41. The third-order valence-electron chi connectivity index (χ3n) is 12.5. The summed E-state index contributed by atoms with van der Waals surface area (Å²) in [6.45, 7) is 3.54. The highest BCUT2D eigenvalue weighted by atomic mass is 31.2. The van der Waals surface area contributed by atoms with E-state index < -0.39 is 32.5 Å². The Morgan fingerprint density at radius 3 is 1.18 bits per heavy atom. The van der Waals surface area contributed by atoms with Crippen LogP contribution in [-0.2, 0) is 32.7 Å². The van der Waals surface area contributed by atoms with E-state index in [4.69, 9.17) is 24.3 Å². The van der Waals surface area contributed by atoms with Gasteiger partial charge in [0.25, 0.3) is 0 Å². The van der Waals surface area contributed by atoms with E-state index in [9.17, 15) is 19.0 Å². The van der Waals surface area contributed by atoms with Gasteiger partial charge in [-0.05, 0) is 83.5 Å². The van der Waals surface area contributed by atoms with Gasteiger partial charge in [-0.2, -0.15) is 0 Å². The number of nitrogens with two attached hydrogens (primary N) is 1. The molecule has 0 spiro atoms. The number of allylic oxidation sites excluding steroid dienone is 16. The molecule has 0 radical (unpaired) electrons. The SMILES string of the molecule is CC/C=C\C/C=C\C/C=C\C/C=C\C/C=C\C/C=C\CCC(=O)OC(COC(=O)CCCCCCCCCCCCCCCCCCCCCCC/C=C\C/C=C\CCCCCCC)COP(=O)(O)OCCN. The van der Waals surface area contributed by atoms with Crippen LogP contribution in [0.25, 0.3) is 0 Å². The Balaban J connectivity index is 3.95. The van der Waals surface area contributed by atoms with E-state index in [1.54, 1.807) is 0 Å². The van der Waals surface area contributed by atoms with Crippen molar-refractivity contribution in [2.24, 2.45) is 5.73 Å². The van der Waals surface area contributed by atoms with Crippen molar-refractivity contribution in [1.29, 1.82) is 0 Å². The molecule has 3 N–H and O–H groups in total. The van der Waals surface area contributed by atoms with Gasteiger partial charge in [0.2, 0.25) is 0 Å². The molecule has 9 nitrogen and oxygen atoms in total. The first-order chi connectivity index (χ1) is 35.8. The lowest BCUT2D eigenvalue weighted by atomic mass is 10.0. The highest BCUT2D eigenvalue weighted by molar-refractivity contribution is 7.47. The monoisotopic (exact) mass is 1040 g/mol. The Kier molecular flexibility index (Phi) is 55.7. The number of ether oxygens (including phenoxy) is 2. The Morgan fingerprint density at radius 2 is 0.781 bits per heavy atom. The molecule has 420 valence electrons. The van der Waals surface area contributed by atoms with Gasteiger partial charge in [-0.15, -0.1) is 0 Å². The van der Waals surface area contributed by atoms with Gasteiger partial charge in [0.05, 0.1) is 13.2 Å². The zero-order valence-electron chi connectivity index (χ0n) is 46.8. The topological polar surface area (TPSA) is 134 Å². The molecule has 0 aliphatic heterocycles. The Hall–Kier alpha value is -3.07. The second-order valence-electron chi connectivity index (χ2n) is 19.5. The molecule has 2 atom stereocenters. The molecule has 0 aromatic rings. The Morgan fingerprint density at radius 1 is 0.425 bits per heavy atom. The van der Waals surface area contributed by atoms with Crippen molar-refractivity contribution in [2.45, 2.75) is 264 Å². The van der Waals surface area contributed by atoms with Crippen molar-refractivity contribution < 1.29 is 37.6 Å². The second kappa shape index (κ2) is 58.2. The molecule has 0 saturated carbocycles. The predicted molar refractivity (Wildman–Crippen MR) is 312 cm³/mol. The largest absolute Gasteiger partial charge is 0.472 e. The zero-order chi connectivity index (χ0) is 53.1. The van der Waals surface area contributed by atoms with Crippen LogP contribution >= 0.6 is 7.82 Å². The van der Waals surface area contributed by atoms with Crippen molar-refractivity contribution in [3.63, 3.8) is 0 Å². The van der Waals surface area contributed by atoms with Crippen LogP contribution in [-0.4, -0.2) is 49.3 Å². The number of hydrogen-bond acceptors (Lipinski definition) is 8. The maximum atomic E-state index is 12.6. The minimum absolute atomic E-state index is 0.0384. The van der Waals surface area contributed by atoms with E-state index in [0.717, 1.165) is 64.2 Å². The third kappa shape index (κ3) is 58.1. The number of unbranched alkanes of at least 4 members (excludes halogenated alkanes) is 26. The molecule has 0 aliphatic carbocycles. The number of phosphoric acid groups is 1. The normalized spacial score (nSPS) is 13.8. The summed E-state index contributed by atoms with van der Waals surface area (Å²) in [5.74, 6) is -0.924. The number of carbonyl (C=O) groups excluding carboxylic acids is 2. The molecule has 0 aromatic heterocycles. The highest BCUT2D eigenvalue weighted by Crippen LogP contribution is 2.43. The van der Waals surface area contributed by atoms with E-state index in [-0.39, 0.29) is 32.6 Å². The van der Waals surface area contributed by atoms with Crippen LogP contribution in [0.3, 0.4) is 0 Å². The van der Waals surface area contributed by atoms with E-state index in [2.05, 4.69) is 98.9 Å². The molecule has 0 aromatic carbocycles. The summed E-state index contributed by atoms with van der Waals surface area (Å²) >= 11 is 0. The predicted octanol–water partition coefficient (Wildman–Crippen LogP) is 18.8. The summed E-state index contributed by atoms with van der Waals surface area (Å²) < 4.78 is 32.9. The molecule has 0 fully saturated rings. The van der Waals surface area contributed by atoms with E-state index >= 15 is 0 Å². The molecule has 0 amide bonds. The molecule has 73 heavy (non-hydrogen) atoms. The third-order valence-corrected chi connectivity index (χ3v) is 13.5. The average Bonchev–Trinajstić information content (AvgIpc) is 3.38. The fourth-order valence-electron chi connectivity index (χ4n) is 8.11. The number of rotatable bonds is 55. The van der Waals surface area contributed by atoms with E-state index in [1.165, 1.54) is 161 Å². The quantitative estimate of drug-likeness (QED) is 0.0264. The van der Waals surface area contributed by atoms with Gasteiger partial charge in [0.15, 0.2) is 6.10 Å². The molecule has 0 bridgehead atoms. The fourth-order valence-corrected chi connectivity index (χ4v) is 8.87. The molecule has 0 aliphatic rings. The maximum Gasteiger partial charge on any atom is 0.472 e. The average molecular weight is 1040 g/mol. The van der Waals surface area contributed by atoms with Gasteiger partial charge in [-0.1, -0.05) is 259 Å². The van der Waals surface area contributed by atoms with Crippen LogP contribution < -0.4 is 5.73 Å². The van der Waals surface area contributed by atoms with Gasteiger partial charge in [0.1, 0.15) is 6.61 Å². The van der Waals surface area contributed by atoms with Crippen molar-refractivity contribution >= 4 is 19.8 Å². The van der Waals surface area contributed by atoms with Crippen molar-refractivity contribution in [1.82, 2.24) is 0 Å². The van der Waals surface area contributed by atoms with Crippen LogP contribution in [0.5, 0.6) is 0 Å². The van der Waals surface area contributed by atoms with Crippen molar-refractivity contribution in [3.05, 3.63) is 97.2 Å². The Labute approximate surface area is 448 Å². The smallest absolute Gasteiger partial charge is 0.462 e. The van der Waals surface area contributed by atoms with Crippen LogP contribution in [0, 0.1) is 0 Å². The summed E-state index contributed by atoms with van der Waals surface area (Å²) in [6, 6.07) is 0. The number of carbonyl (C=O) groups is 2. The number of phosphoric ester groups is 1. The van der Waals surface area contributed by atoms with E-state index in [1.807, 2.05) is 12.2 Å². The molecule has 0 rings (SSSR count). The van der Waals surface area contributed by atoms with Gasteiger partial charge in [-0.25, -0.2) is 4.57 Å². The molecule has 2 unspecified atom stereocenters. The van der Waals surface area contributed by atoms with E-state index in [0.29, 0.717) is 6.42 Å².